The zero-order valence-electron chi connectivity index (χ0n) is 17.5. The fourth-order valence-corrected chi connectivity index (χ4v) is 2.43. The zero-order chi connectivity index (χ0) is 21.8. The van der Waals surface area contributed by atoms with Gasteiger partial charge in [0, 0.05) is 0 Å². The van der Waals surface area contributed by atoms with Crippen molar-refractivity contribution in [2.45, 2.75) is 13.8 Å². The molecule has 0 unspecified atom stereocenters. The van der Waals surface area contributed by atoms with Crippen LogP contribution < -0.4 is 29.8 Å². The van der Waals surface area contributed by atoms with Gasteiger partial charge in [-0.2, -0.15) is 10.2 Å². The fourth-order valence-electron chi connectivity index (χ4n) is 2.43. The number of carbonyl (C=O) groups excluding carboxylic acids is 1. The number of urea groups is 1. The molecule has 30 heavy (non-hydrogen) atoms. The molecule has 0 aliphatic rings. The van der Waals surface area contributed by atoms with Crippen molar-refractivity contribution in [2.75, 3.05) is 27.4 Å². The Morgan fingerprint density at radius 3 is 1.60 bits per heavy atom. The smallest absolute Gasteiger partial charge is 0.355 e. The van der Waals surface area contributed by atoms with Crippen LogP contribution in [-0.4, -0.2) is 45.9 Å². The molecule has 2 rings (SSSR count). The summed E-state index contributed by atoms with van der Waals surface area (Å²) in [5, 5.41) is 7.77. The summed E-state index contributed by atoms with van der Waals surface area (Å²) in [6.45, 7) is 4.86. The topological polar surface area (TPSA) is 103 Å². The number of ether oxygens (including phenoxy) is 4. The Morgan fingerprint density at radius 1 is 0.800 bits per heavy atom. The van der Waals surface area contributed by atoms with Gasteiger partial charge >= 0.3 is 6.03 Å². The van der Waals surface area contributed by atoms with Crippen LogP contribution in [0.3, 0.4) is 0 Å². The molecule has 2 amide bonds. The number of nitrogens with one attached hydrogen (secondary N) is 2. The molecule has 9 nitrogen and oxygen atoms in total. The summed E-state index contributed by atoms with van der Waals surface area (Å²) in [4.78, 5) is 11.8. The lowest BCUT2D eigenvalue weighted by Crippen LogP contribution is -2.28. The van der Waals surface area contributed by atoms with Crippen molar-refractivity contribution < 1.29 is 23.7 Å². The Kier molecular flexibility index (Phi) is 8.98. The summed E-state index contributed by atoms with van der Waals surface area (Å²) in [7, 11) is 3.12. The summed E-state index contributed by atoms with van der Waals surface area (Å²) < 4.78 is 21.5. The number of rotatable bonds is 10. The standard InChI is InChI=1S/C21H26N4O5/c1-5-29-17-9-7-15(11-19(17)27-3)13-22-24-21(26)25-23-14-16-8-10-18(30-6-2)20(12-16)28-4/h7-14H,5-6H2,1-4H3,(H2,24,25,26)/b22-13-,23-14?. The second-order valence-corrected chi connectivity index (χ2v) is 5.76. The number of benzene rings is 2. The molecule has 0 spiro atoms. The highest BCUT2D eigenvalue weighted by Gasteiger charge is 2.05. The van der Waals surface area contributed by atoms with Crippen molar-refractivity contribution in [1.82, 2.24) is 10.9 Å². The van der Waals surface area contributed by atoms with E-state index in [4.69, 9.17) is 18.9 Å². The first-order valence-electron chi connectivity index (χ1n) is 9.35. The third-order valence-corrected chi connectivity index (χ3v) is 3.73. The average Bonchev–Trinajstić information content (AvgIpc) is 2.76. The highest BCUT2D eigenvalue weighted by Crippen LogP contribution is 2.28. The van der Waals surface area contributed by atoms with Crippen molar-refractivity contribution in [1.29, 1.82) is 0 Å². The molecule has 2 aromatic rings. The molecule has 9 heteroatoms. The van der Waals surface area contributed by atoms with Gasteiger partial charge in [0.2, 0.25) is 0 Å². The molecule has 0 aliphatic heterocycles. The molecular weight excluding hydrogens is 388 g/mol. The van der Waals surface area contributed by atoms with Crippen molar-refractivity contribution in [3.63, 3.8) is 0 Å². The number of hydrazone groups is 2. The zero-order valence-corrected chi connectivity index (χ0v) is 17.5. The minimum Gasteiger partial charge on any atom is -0.493 e. The molecule has 0 bridgehead atoms. The van der Waals surface area contributed by atoms with Gasteiger partial charge in [-0.05, 0) is 61.4 Å². The van der Waals surface area contributed by atoms with E-state index >= 15 is 0 Å². The monoisotopic (exact) mass is 414 g/mol. The third kappa shape index (κ3) is 6.69. The Labute approximate surface area is 175 Å². The highest BCUT2D eigenvalue weighted by molar-refractivity contribution is 5.84. The summed E-state index contributed by atoms with van der Waals surface area (Å²) in [5.41, 5.74) is 6.14. The highest BCUT2D eigenvalue weighted by atomic mass is 16.5. The number of carbonyl (C=O) groups is 1. The Morgan fingerprint density at radius 2 is 1.23 bits per heavy atom. The van der Waals surface area contributed by atoms with Gasteiger partial charge < -0.3 is 18.9 Å². The quantitative estimate of drug-likeness (QED) is 0.459. The van der Waals surface area contributed by atoms with Crippen LogP contribution in [0.2, 0.25) is 0 Å². The largest absolute Gasteiger partial charge is 0.493 e. The van der Waals surface area contributed by atoms with Crippen LogP contribution in [0.4, 0.5) is 4.79 Å². The number of hydrogen-bond acceptors (Lipinski definition) is 7. The SMILES string of the molecule is CCOc1ccc(C=NNC(=O)N/N=C\c2ccc(OCC)c(OC)c2)cc1OC. The lowest BCUT2D eigenvalue weighted by Gasteiger charge is -2.09. The molecule has 2 aromatic carbocycles. The maximum Gasteiger partial charge on any atom is 0.355 e. The van der Waals surface area contributed by atoms with E-state index in [1.807, 2.05) is 13.8 Å². The second kappa shape index (κ2) is 11.9. The van der Waals surface area contributed by atoms with Gasteiger partial charge in [0.1, 0.15) is 0 Å². The van der Waals surface area contributed by atoms with Gasteiger partial charge in [0.25, 0.3) is 0 Å². The van der Waals surface area contributed by atoms with E-state index in [9.17, 15) is 4.79 Å². The second-order valence-electron chi connectivity index (χ2n) is 5.76. The first-order chi connectivity index (χ1) is 14.6. The van der Waals surface area contributed by atoms with E-state index in [0.29, 0.717) is 36.2 Å². The van der Waals surface area contributed by atoms with E-state index in [1.54, 1.807) is 50.6 Å². The number of hydrogen-bond donors (Lipinski definition) is 2. The Bertz CT molecular complexity index is 827. The van der Waals surface area contributed by atoms with Gasteiger partial charge in [0.15, 0.2) is 23.0 Å². The van der Waals surface area contributed by atoms with Gasteiger partial charge in [-0.3, -0.25) is 0 Å². The first-order valence-corrected chi connectivity index (χ1v) is 9.35. The molecule has 160 valence electrons. The molecular formula is C21H26N4O5. The molecule has 0 aromatic heterocycles. The molecule has 0 saturated heterocycles. The predicted molar refractivity (Wildman–Crippen MR) is 115 cm³/mol. The van der Waals surface area contributed by atoms with Gasteiger partial charge in [0.05, 0.1) is 39.9 Å². The average molecular weight is 414 g/mol. The maximum absolute atomic E-state index is 11.8. The van der Waals surface area contributed by atoms with E-state index in [2.05, 4.69) is 21.1 Å². The lowest BCUT2D eigenvalue weighted by molar-refractivity contribution is 0.242. The Hall–Kier alpha value is -3.75. The normalized spacial score (nSPS) is 10.8. The van der Waals surface area contributed by atoms with Gasteiger partial charge in [-0.15, -0.1) is 0 Å². The summed E-state index contributed by atoms with van der Waals surface area (Å²) in [6.07, 6.45) is 2.97. The van der Waals surface area contributed by atoms with Crippen LogP contribution >= 0.6 is 0 Å². The lowest BCUT2D eigenvalue weighted by atomic mass is 10.2. The van der Waals surface area contributed by atoms with Crippen LogP contribution in [-0.2, 0) is 0 Å². The molecule has 0 heterocycles. The predicted octanol–water partition coefficient (Wildman–Crippen LogP) is 3.17. The van der Waals surface area contributed by atoms with E-state index in [1.165, 1.54) is 12.4 Å². The number of nitrogens with zero attached hydrogens (tertiary/aromatic N) is 2. The minimum absolute atomic E-state index is 0.537. The van der Waals surface area contributed by atoms with Crippen molar-refractivity contribution >= 4 is 18.5 Å². The van der Waals surface area contributed by atoms with Crippen LogP contribution in [0.15, 0.2) is 46.6 Å². The summed E-state index contributed by atoms with van der Waals surface area (Å²) in [6, 6.07) is 10.1. The molecule has 0 radical (unpaired) electrons. The van der Waals surface area contributed by atoms with Crippen molar-refractivity contribution in [3.05, 3.63) is 47.5 Å². The van der Waals surface area contributed by atoms with E-state index in [-0.39, 0.29) is 0 Å². The molecule has 0 fully saturated rings. The van der Waals surface area contributed by atoms with Crippen molar-refractivity contribution in [2.24, 2.45) is 10.2 Å². The van der Waals surface area contributed by atoms with Gasteiger partial charge in [-0.25, -0.2) is 15.6 Å². The fraction of sp³-hybridized carbons (Fsp3) is 0.286. The molecule has 0 saturated carbocycles. The van der Waals surface area contributed by atoms with Crippen LogP contribution in [0.5, 0.6) is 23.0 Å². The molecule has 0 atom stereocenters. The van der Waals surface area contributed by atoms with Crippen LogP contribution in [0, 0.1) is 0 Å². The molecule has 0 aliphatic carbocycles. The van der Waals surface area contributed by atoms with Crippen LogP contribution in [0.25, 0.3) is 0 Å². The van der Waals surface area contributed by atoms with Crippen molar-refractivity contribution in [3.8, 4) is 23.0 Å². The van der Waals surface area contributed by atoms with Gasteiger partial charge in [-0.1, -0.05) is 0 Å². The third-order valence-electron chi connectivity index (χ3n) is 3.73. The maximum atomic E-state index is 11.8. The first kappa shape index (κ1) is 22.5. The molecule has 2 N–H and O–H groups in total. The van der Waals surface area contributed by atoms with E-state index < -0.39 is 6.03 Å². The Balaban J connectivity index is 1.89. The number of amides is 2. The van der Waals surface area contributed by atoms with Crippen LogP contribution in [0.1, 0.15) is 25.0 Å². The summed E-state index contributed by atoms with van der Waals surface area (Å²) >= 11 is 0. The minimum atomic E-state index is -0.585. The van der Waals surface area contributed by atoms with E-state index in [0.717, 1.165) is 11.1 Å². The summed E-state index contributed by atoms with van der Waals surface area (Å²) in [5.74, 6) is 2.45. The number of methoxy groups -OCH3 is 2.